The molecule has 0 aliphatic rings. The van der Waals surface area contributed by atoms with E-state index in [1.165, 1.54) is 0 Å². The number of carbonyl (C=O) groups excluding carboxylic acids is 1. The Bertz CT molecular complexity index is 613. The molecule has 0 atom stereocenters. The largest absolute Gasteiger partial charge is 0.507 e. The standard InChI is InChI=1S/C17H18ClNO2/c1-13-6-5-9-15(16(13)20)17(21)19(11-10-18)12-14-7-3-2-4-8-14/h2-9,20H,10-12H2,1H3. The summed E-state index contributed by atoms with van der Waals surface area (Å²) in [4.78, 5) is 14.3. The number of hydrogen-bond donors (Lipinski definition) is 1. The molecule has 0 aliphatic carbocycles. The molecule has 0 bridgehead atoms. The van der Waals surface area contributed by atoms with E-state index in [1.807, 2.05) is 30.3 Å². The van der Waals surface area contributed by atoms with Gasteiger partial charge in [0.15, 0.2) is 0 Å². The van der Waals surface area contributed by atoms with E-state index in [0.717, 1.165) is 5.56 Å². The van der Waals surface area contributed by atoms with Crippen LogP contribution in [0.15, 0.2) is 48.5 Å². The minimum atomic E-state index is -0.208. The molecule has 4 heteroatoms. The van der Waals surface area contributed by atoms with Crippen molar-refractivity contribution >= 4 is 17.5 Å². The summed E-state index contributed by atoms with van der Waals surface area (Å²) in [7, 11) is 0. The maximum absolute atomic E-state index is 12.6. The highest BCUT2D eigenvalue weighted by atomic mass is 35.5. The number of phenols is 1. The lowest BCUT2D eigenvalue weighted by Crippen LogP contribution is -2.32. The fourth-order valence-corrected chi connectivity index (χ4v) is 2.36. The van der Waals surface area contributed by atoms with E-state index in [0.29, 0.717) is 30.1 Å². The Hall–Kier alpha value is -2.00. The first-order valence-electron chi connectivity index (χ1n) is 6.81. The third-order valence-corrected chi connectivity index (χ3v) is 3.50. The Balaban J connectivity index is 2.25. The Morgan fingerprint density at radius 1 is 1.14 bits per heavy atom. The minimum Gasteiger partial charge on any atom is -0.507 e. The molecule has 0 spiro atoms. The molecule has 2 rings (SSSR count). The number of amides is 1. The highest BCUT2D eigenvalue weighted by molar-refractivity contribution is 6.18. The van der Waals surface area contributed by atoms with Crippen LogP contribution in [0.3, 0.4) is 0 Å². The first kappa shape index (κ1) is 15.4. The Labute approximate surface area is 129 Å². The number of carbonyl (C=O) groups is 1. The van der Waals surface area contributed by atoms with Crippen LogP contribution >= 0.6 is 11.6 Å². The summed E-state index contributed by atoms with van der Waals surface area (Å²) in [5.41, 5.74) is 2.03. The number of benzene rings is 2. The number of aromatic hydroxyl groups is 1. The number of hydrogen-bond acceptors (Lipinski definition) is 2. The van der Waals surface area contributed by atoms with Gasteiger partial charge in [0.25, 0.3) is 5.91 Å². The molecule has 2 aromatic carbocycles. The SMILES string of the molecule is Cc1cccc(C(=O)N(CCCl)Cc2ccccc2)c1O. The quantitative estimate of drug-likeness (QED) is 0.858. The summed E-state index contributed by atoms with van der Waals surface area (Å²) >= 11 is 5.81. The smallest absolute Gasteiger partial charge is 0.257 e. The number of rotatable bonds is 5. The van der Waals surface area contributed by atoms with Gasteiger partial charge in [0, 0.05) is 19.0 Å². The molecule has 0 unspecified atom stereocenters. The molecule has 0 fully saturated rings. The van der Waals surface area contributed by atoms with Gasteiger partial charge < -0.3 is 10.0 Å². The topological polar surface area (TPSA) is 40.5 Å². The van der Waals surface area contributed by atoms with Crippen molar-refractivity contribution in [1.82, 2.24) is 4.90 Å². The molecule has 0 radical (unpaired) electrons. The van der Waals surface area contributed by atoms with E-state index in [9.17, 15) is 9.90 Å². The molecule has 1 amide bonds. The van der Waals surface area contributed by atoms with Crippen molar-refractivity contribution in [1.29, 1.82) is 0 Å². The van der Waals surface area contributed by atoms with E-state index in [1.54, 1.807) is 30.0 Å². The number of nitrogens with zero attached hydrogens (tertiary/aromatic N) is 1. The van der Waals surface area contributed by atoms with Crippen molar-refractivity contribution in [2.45, 2.75) is 13.5 Å². The van der Waals surface area contributed by atoms with Gasteiger partial charge >= 0.3 is 0 Å². The van der Waals surface area contributed by atoms with Crippen LogP contribution in [0.2, 0.25) is 0 Å². The molecule has 0 saturated heterocycles. The van der Waals surface area contributed by atoms with Crippen molar-refractivity contribution in [2.24, 2.45) is 0 Å². The zero-order chi connectivity index (χ0) is 15.2. The average Bonchev–Trinajstić information content (AvgIpc) is 2.50. The van der Waals surface area contributed by atoms with Crippen molar-refractivity contribution < 1.29 is 9.90 Å². The second-order valence-electron chi connectivity index (χ2n) is 4.87. The fraction of sp³-hybridized carbons (Fsp3) is 0.235. The van der Waals surface area contributed by atoms with Gasteiger partial charge in [-0.05, 0) is 24.1 Å². The minimum absolute atomic E-state index is 0.0372. The summed E-state index contributed by atoms with van der Waals surface area (Å²) in [5.74, 6) is 0.182. The summed E-state index contributed by atoms with van der Waals surface area (Å²) in [6.07, 6.45) is 0. The monoisotopic (exact) mass is 303 g/mol. The fourth-order valence-electron chi connectivity index (χ4n) is 2.16. The van der Waals surface area contributed by atoms with Gasteiger partial charge in [0.05, 0.1) is 5.56 Å². The van der Waals surface area contributed by atoms with E-state index >= 15 is 0 Å². The molecule has 3 nitrogen and oxygen atoms in total. The van der Waals surface area contributed by atoms with Crippen LogP contribution in [0.1, 0.15) is 21.5 Å². The Morgan fingerprint density at radius 2 is 1.86 bits per heavy atom. The molecule has 21 heavy (non-hydrogen) atoms. The summed E-state index contributed by atoms with van der Waals surface area (Å²) in [6.45, 7) is 2.68. The van der Waals surface area contributed by atoms with Crippen LogP contribution in [-0.4, -0.2) is 28.3 Å². The molecule has 1 N–H and O–H groups in total. The summed E-state index contributed by atoms with van der Waals surface area (Å²) in [6, 6.07) is 14.9. The molecule has 2 aromatic rings. The number of phenolic OH excluding ortho intramolecular Hbond substituents is 1. The van der Waals surface area contributed by atoms with Gasteiger partial charge in [0.2, 0.25) is 0 Å². The van der Waals surface area contributed by atoms with E-state index in [-0.39, 0.29) is 11.7 Å². The highest BCUT2D eigenvalue weighted by Gasteiger charge is 2.19. The van der Waals surface area contributed by atoms with Crippen molar-refractivity contribution in [3.05, 3.63) is 65.2 Å². The third-order valence-electron chi connectivity index (χ3n) is 3.33. The van der Waals surface area contributed by atoms with Crippen LogP contribution in [0.25, 0.3) is 0 Å². The van der Waals surface area contributed by atoms with Gasteiger partial charge in [-0.2, -0.15) is 0 Å². The maximum Gasteiger partial charge on any atom is 0.257 e. The molecule has 0 aromatic heterocycles. The lowest BCUT2D eigenvalue weighted by atomic mass is 10.1. The van der Waals surface area contributed by atoms with Crippen LogP contribution in [-0.2, 0) is 6.54 Å². The molecule has 0 aliphatic heterocycles. The molecular formula is C17H18ClNO2. The highest BCUT2D eigenvalue weighted by Crippen LogP contribution is 2.23. The van der Waals surface area contributed by atoms with Gasteiger partial charge in [-0.15, -0.1) is 11.6 Å². The molecule has 0 saturated carbocycles. The van der Waals surface area contributed by atoms with Crippen molar-refractivity contribution in [3.8, 4) is 5.75 Å². The number of para-hydroxylation sites is 1. The lowest BCUT2D eigenvalue weighted by molar-refractivity contribution is 0.0750. The van der Waals surface area contributed by atoms with E-state index in [4.69, 9.17) is 11.6 Å². The van der Waals surface area contributed by atoms with E-state index < -0.39 is 0 Å². The molecular weight excluding hydrogens is 286 g/mol. The van der Waals surface area contributed by atoms with Gasteiger partial charge in [-0.25, -0.2) is 0 Å². The second kappa shape index (κ2) is 7.14. The number of aryl methyl sites for hydroxylation is 1. The Morgan fingerprint density at radius 3 is 2.52 bits per heavy atom. The maximum atomic E-state index is 12.6. The normalized spacial score (nSPS) is 10.4. The summed E-state index contributed by atoms with van der Waals surface area (Å²) in [5, 5.41) is 10.1. The van der Waals surface area contributed by atoms with Gasteiger partial charge in [-0.3, -0.25) is 4.79 Å². The molecule has 110 valence electrons. The van der Waals surface area contributed by atoms with Gasteiger partial charge in [-0.1, -0.05) is 42.5 Å². The predicted octanol–water partition coefficient (Wildman–Crippen LogP) is 3.58. The second-order valence-corrected chi connectivity index (χ2v) is 5.25. The molecule has 0 heterocycles. The van der Waals surface area contributed by atoms with Crippen molar-refractivity contribution in [2.75, 3.05) is 12.4 Å². The first-order chi connectivity index (χ1) is 10.1. The lowest BCUT2D eigenvalue weighted by Gasteiger charge is -2.22. The van der Waals surface area contributed by atoms with Crippen LogP contribution < -0.4 is 0 Å². The average molecular weight is 304 g/mol. The van der Waals surface area contributed by atoms with Crippen molar-refractivity contribution in [3.63, 3.8) is 0 Å². The zero-order valence-corrected chi connectivity index (χ0v) is 12.7. The third kappa shape index (κ3) is 3.76. The van der Waals surface area contributed by atoms with Crippen LogP contribution in [0.5, 0.6) is 5.75 Å². The Kier molecular flexibility index (Phi) is 5.23. The first-order valence-corrected chi connectivity index (χ1v) is 7.34. The number of alkyl halides is 1. The zero-order valence-electron chi connectivity index (χ0n) is 11.9. The van der Waals surface area contributed by atoms with E-state index in [2.05, 4.69) is 0 Å². The van der Waals surface area contributed by atoms with Crippen LogP contribution in [0, 0.1) is 6.92 Å². The summed E-state index contributed by atoms with van der Waals surface area (Å²) < 4.78 is 0. The van der Waals surface area contributed by atoms with Crippen LogP contribution in [0.4, 0.5) is 0 Å². The number of halogens is 1. The van der Waals surface area contributed by atoms with Gasteiger partial charge in [0.1, 0.15) is 5.75 Å². The predicted molar refractivity (Wildman–Crippen MR) is 84.7 cm³/mol.